The third-order valence-corrected chi connectivity index (χ3v) is 3.67. The average molecular weight is 307 g/mol. The molecule has 2 aromatic rings. The van der Waals surface area contributed by atoms with Crippen molar-refractivity contribution in [3.05, 3.63) is 40.9 Å². The number of aryl methyl sites for hydroxylation is 2. The summed E-state index contributed by atoms with van der Waals surface area (Å²) >= 11 is 5.89. The minimum absolute atomic E-state index is 0.0709. The number of aromatic nitrogens is 2. The molecule has 0 aliphatic rings. The van der Waals surface area contributed by atoms with Crippen molar-refractivity contribution in [2.24, 2.45) is 0 Å². The minimum Gasteiger partial charge on any atom is -0.397 e. The van der Waals surface area contributed by atoms with Gasteiger partial charge in [-0.15, -0.1) is 0 Å². The second kappa shape index (κ2) is 6.63. The molecule has 0 aliphatic heterocycles. The summed E-state index contributed by atoms with van der Waals surface area (Å²) in [7, 11) is 0. The fourth-order valence-corrected chi connectivity index (χ4v) is 2.20. The van der Waals surface area contributed by atoms with E-state index in [4.69, 9.17) is 17.3 Å². The van der Waals surface area contributed by atoms with Gasteiger partial charge in [0.15, 0.2) is 0 Å². The molecule has 0 saturated carbocycles. The SMILES string of the molecule is Cc1ncn(CCCC(=O)Nc2cc(Cl)ccc2N)c1C. The van der Waals surface area contributed by atoms with Crippen molar-refractivity contribution < 1.29 is 4.79 Å². The van der Waals surface area contributed by atoms with Crippen LogP contribution in [0, 0.1) is 13.8 Å². The Balaban J connectivity index is 1.85. The Labute approximate surface area is 129 Å². The molecule has 5 nitrogen and oxygen atoms in total. The minimum atomic E-state index is -0.0709. The van der Waals surface area contributed by atoms with Gasteiger partial charge in [-0.3, -0.25) is 4.79 Å². The number of nitrogens with two attached hydrogens (primary N) is 1. The quantitative estimate of drug-likeness (QED) is 0.833. The first kappa shape index (κ1) is 15.4. The van der Waals surface area contributed by atoms with E-state index in [2.05, 4.69) is 14.9 Å². The van der Waals surface area contributed by atoms with Crippen LogP contribution in [0.5, 0.6) is 0 Å². The van der Waals surface area contributed by atoms with Gasteiger partial charge in [-0.05, 0) is 38.5 Å². The van der Waals surface area contributed by atoms with Gasteiger partial charge in [-0.25, -0.2) is 4.98 Å². The number of anilines is 2. The molecule has 0 bridgehead atoms. The molecular weight excluding hydrogens is 288 g/mol. The first-order valence-electron chi connectivity index (χ1n) is 6.80. The van der Waals surface area contributed by atoms with E-state index < -0.39 is 0 Å². The number of nitrogen functional groups attached to an aromatic ring is 1. The van der Waals surface area contributed by atoms with Crippen molar-refractivity contribution in [1.82, 2.24) is 9.55 Å². The van der Waals surface area contributed by atoms with Gasteiger partial charge in [-0.1, -0.05) is 11.6 Å². The fourth-order valence-electron chi connectivity index (χ4n) is 2.03. The van der Waals surface area contributed by atoms with E-state index in [1.165, 1.54) is 0 Å². The van der Waals surface area contributed by atoms with Gasteiger partial charge in [-0.2, -0.15) is 0 Å². The van der Waals surface area contributed by atoms with Crippen molar-refractivity contribution in [1.29, 1.82) is 0 Å². The van der Waals surface area contributed by atoms with Crippen molar-refractivity contribution in [2.45, 2.75) is 33.2 Å². The van der Waals surface area contributed by atoms with E-state index in [0.717, 1.165) is 24.4 Å². The molecule has 0 atom stereocenters. The fraction of sp³-hybridized carbons (Fsp3) is 0.333. The maximum atomic E-state index is 11.9. The Morgan fingerprint density at radius 2 is 2.19 bits per heavy atom. The highest BCUT2D eigenvalue weighted by Crippen LogP contribution is 2.23. The Hall–Kier alpha value is -2.01. The second-order valence-corrected chi connectivity index (χ2v) is 5.43. The maximum absolute atomic E-state index is 11.9. The molecule has 0 aliphatic carbocycles. The monoisotopic (exact) mass is 306 g/mol. The number of nitrogens with zero attached hydrogens (tertiary/aromatic N) is 2. The molecule has 1 amide bonds. The van der Waals surface area contributed by atoms with Crippen LogP contribution in [0.25, 0.3) is 0 Å². The molecule has 6 heteroatoms. The summed E-state index contributed by atoms with van der Waals surface area (Å²) in [6, 6.07) is 5.02. The summed E-state index contributed by atoms with van der Waals surface area (Å²) in [6.07, 6.45) is 2.96. The molecule has 21 heavy (non-hydrogen) atoms. The second-order valence-electron chi connectivity index (χ2n) is 4.99. The number of rotatable bonds is 5. The van der Waals surface area contributed by atoms with Gasteiger partial charge in [0, 0.05) is 23.7 Å². The van der Waals surface area contributed by atoms with E-state index in [1.807, 2.05) is 13.8 Å². The molecule has 0 saturated heterocycles. The molecule has 0 radical (unpaired) electrons. The molecule has 3 N–H and O–H groups in total. The Bertz CT molecular complexity index is 651. The Morgan fingerprint density at radius 1 is 1.43 bits per heavy atom. The smallest absolute Gasteiger partial charge is 0.224 e. The number of imidazole rings is 1. The van der Waals surface area contributed by atoms with Gasteiger partial charge in [0.25, 0.3) is 0 Å². The van der Waals surface area contributed by atoms with Crippen LogP contribution >= 0.6 is 11.6 Å². The lowest BCUT2D eigenvalue weighted by molar-refractivity contribution is -0.116. The van der Waals surface area contributed by atoms with Crippen molar-refractivity contribution >= 4 is 28.9 Å². The van der Waals surface area contributed by atoms with Crippen LogP contribution in [0.3, 0.4) is 0 Å². The number of hydrogen-bond acceptors (Lipinski definition) is 3. The first-order chi connectivity index (χ1) is 9.97. The predicted octanol–water partition coefficient (Wildman–Crippen LogP) is 3.15. The Morgan fingerprint density at radius 3 is 2.86 bits per heavy atom. The summed E-state index contributed by atoms with van der Waals surface area (Å²) in [5, 5.41) is 3.33. The lowest BCUT2D eigenvalue weighted by atomic mass is 10.2. The lowest BCUT2D eigenvalue weighted by Gasteiger charge is -2.09. The lowest BCUT2D eigenvalue weighted by Crippen LogP contribution is -2.13. The molecule has 2 rings (SSSR count). The zero-order chi connectivity index (χ0) is 15.4. The van der Waals surface area contributed by atoms with Gasteiger partial charge < -0.3 is 15.6 Å². The molecule has 1 heterocycles. The average Bonchev–Trinajstić information content (AvgIpc) is 2.75. The van der Waals surface area contributed by atoms with Crippen LogP contribution < -0.4 is 11.1 Å². The van der Waals surface area contributed by atoms with E-state index in [0.29, 0.717) is 22.8 Å². The van der Waals surface area contributed by atoms with Gasteiger partial charge in [0.1, 0.15) is 0 Å². The topological polar surface area (TPSA) is 72.9 Å². The normalized spacial score (nSPS) is 10.6. The number of carbonyl (C=O) groups is 1. The number of nitrogens with one attached hydrogen (secondary N) is 1. The number of carbonyl (C=O) groups excluding carboxylic acids is 1. The predicted molar refractivity (Wildman–Crippen MR) is 85.4 cm³/mol. The Kier molecular flexibility index (Phi) is 4.85. The highest BCUT2D eigenvalue weighted by atomic mass is 35.5. The molecule has 0 fully saturated rings. The largest absolute Gasteiger partial charge is 0.397 e. The number of halogens is 1. The van der Waals surface area contributed by atoms with E-state index >= 15 is 0 Å². The highest BCUT2D eigenvalue weighted by Gasteiger charge is 2.07. The van der Waals surface area contributed by atoms with Crippen molar-refractivity contribution in [2.75, 3.05) is 11.1 Å². The summed E-state index contributed by atoms with van der Waals surface area (Å²) in [6.45, 7) is 4.76. The maximum Gasteiger partial charge on any atom is 0.224 e. The summed E-state index contributed by atoms with van der Waals surface area (Å²) in [5.41, 5.74) is 9.01. The van der Waals surface area contributed by atoms with Gasteiger partial charge in [0.05, 0.1) is 23.4 Å². The number of amides is 1. The van der Waals surface area contributed by atoms with Crippen molar-refractivity contribution in [3.8, 4) is 0 Å². The highest BCUT2D eigenvalue weighted by molar-refractivity contribution is 6.31. The molecular formula is C15H19ClN4O. The van der Waals surface area contributed by atoms with Crippen LogP contribution in [0.1, 0.15) is 24.2 Å². The molecule has 0 unspecified atom stereocenters. The third kappa shape index (κ3) is 3.98. The number of hydrogen-bond donors (Lipinski definition) is 2. The van der Waals surface area contributed by atoms with Crippen molar-refractivity contribution in [3.63, 3.8) is 0 Å². The standard InChI is InChI=1S/C15H19ClN4O/c1-10-11(2)20(9-18-10)7-3-4-15(21)19-14-8-12(16)5-6-13(14)17/h5-6,8-9H,3-4,7,17H2,1-2H3,(H,19,21). The molecule has 1 aromatic carbocycles. The summed E-state index contributed by atoms with van der Waals surface area (Å²) in [5.74, 6) is -0.0709. The van der Waals surface area contributed by atoms with Gasteiger partial charge in [0.2, 0.25) is 5.91 Å². The zero-order valence-electron chi connectivity index (χ0n) is 12.2. The summed E-state index contributed by atoms with van der Waals surface area (Å²) in [4.78, 5) is 16.2. The molecule has 112 valence electrons. The molecule has 1 aromatic heterocycles. The van der Waals surface area contributed by atoms with E-state index in [-0.39, 0.29) is 5.91 Å². The zero-order valence-corrected chi connectivity index (χ0v) is 12.9. The van der Waals surface area contributed by atoms with Crippen LogP contribution in [-0.4, -0.2) is 15.5 Å². The van der Waals surface area contributed by atoms with E-state index in [1.54, 1.807) is 24.5 Å². The van der Waals surface area contributed by atoms with Crippen LogP contribution in [0.4, 0.5) is 11.4 Å². The number of benzene rings is 1. The molecule has 0 spiro atoms. The van der Waals surface area contributed by atoms with Gasteiger partial charge >= 0.3 is 0 Å². The summed E-state index contributed by atoms with van der Waals surface area (Å²) < 4.78 is 2.05. The first-order valence-corrected chi connectivity index (χ1v) is 7.18. The third-order valence-electron chi connectivity index (χ3n) is 3.44. The van der Waals surface area contributed by atoms with Crippen LogP contribution in [0.15, 0.2) is 24.5 Å². The van der Waals surface area contributed by atoms with Crippen LogP contribution in [-0.2, 0) is 11.3 Å². The van der Waals surface area contributed by atoms with E-state index in [9.17, 15) is 4.79 Å². The van der Waals surface area contributed by atoms with Crippen LogP contribution in [0.2, 0.25) is 5.02 Å².